The van der Waals surface area contributed by atoms with Gasteiger partial charge in [0.05, 0.1) is 71.2 Å². The van der Waals surface area contributed by atoms with Gasteiger partial charge in [0.2, 0.25) is 0 Å². The van der Waals surface area contributed by atoms with Crippen LogP contribution in [0, 0.1) is 17.5 Å². The fourth-order valence-corrected chi connectivity index (χ4v) is 21.2. The summed E-state index contributed by atoms with van der Waals surface area (Å²) in [5.74, 6) is 1.00. The number of halogens is 3. The fraction of sp³-hybridized carbons (Fsp3) is 0.421. The number of nitrogens with zero attached hydrogens (tertiary/aromatic N) is 14. The van der Waals surface area contributed by atoms with Crippen molar-refractivity contribution in [3.63, 3.8) is 0 Å². The van der Waals surface area contributed by atoms with E-state index >= 15 is 8.78 Å². The second-order valence-electron chi connectivity index (χ2n) is 42.2. The summed E-state index contributed by atoms with van der Waals surface area (Å²) in [5.41, 5.74) is 20.9. The van der Waals surface area contributed by atoms with Crippen LogP contribution in [-0.2, 0) is 117 Å². The number of benzene rings is 8. The minimum absolute atomic E-state index is 0.0680. The largest absolute Gasteiger partial charge is 0.505 e. The Morgan fingerprint density at radius 3 is 1.32 bits per heavy atom. The first-order valence-electron chi connectivity index (χ1n) is 49.3. The zero-order valence-corrected chi connectivity index (χ0v) is 87.3. The molecule has 10 heterocycles. The predicted octanol–water partition coefficient (Wildman–Crippen LogP) is 23.7. The Hall–Kier alpha value is -11.8. The number of rotatable bonds is 35. The van der Waals surface area contributed by atoms with Crippen molar-refractivity contribution < 1.29 is 56.3 Å². The van der Waals surface area contributed by atoms with Crippen LogP contribution >= 0.6 is 0 Å². The first-order chi connectivity index (χ1) is 66.7. The van der Waals surface area contributed by atoms with E-state index in [0.717, 1.165) is 241 Å². The molecule has 0 unspecified atom stereocenters. The molecule has 732 valence electrons. The predicted molar refractivity (Wildman–Crippen MR) is 553 cm³/mol. The summed E-state index contributed by atoms with van der Waals surface area (Å²) in [4.78, 5) is 51.6. The Labute approximate surface area is 816 Å². The van der Waals surface area contributed by atoms with Gasteiger partial charge in [0.25, 0.3) is 0 Å². The average molecular weight is 1960 g/mol. The van der Waals surface area contributed by atoms with Gasteiger partial charge in [-0.15, -0.1) is 0 Å². The van der Waals surface area contributed by atoms with Gasteiger partial charge in [0.15, 0.2) is 52.2 Å². The van der Waals surface area contributed by atoms with E-state index in [-0.39, 0.29) is 41.9 Å². The molecule has 0 atom stereocenters. The number of carbonyl (C=O) groups excluding carboxylic acids is 2. The lowest BCUT2D eigenvalue weighted by Crippen LogP contribution is -2.48. The molecule has 3 N–H and O–H groups in total. The monoisotopic (exact) mass is 1950 g/mol. The summed E-state index contributed by atoms with van der Waals surface area (Å²) in [6.07, 6.45) is 7.32. The molecule has 2 fully saturated rings. The Bertz CT molecular complexity index is 6740. The highest BCUT2D eigenvalue weighted by Crippen LogP contribution is 2.43. The molecule has 139 heavy (non-hydrogen) atoms. The third-order valence-corrected chi connectivity index (χ3v) is 33.6. The topological polar surface area (TPSA) is 251 Å². The molecule has 2 saturated heterocycles. The van der Waals surface area contributed by atoms with Gasteiger partial charge in [-0.2, -0.15) is 15.3 Å². The smallest absolute Gasteiger partial charge is 0.320 e. The molecule has 19 rings (SSSR count). The number of aromatic nitrogens is 12. The molecule has 0 spiro atoms. The number of carbonyl (C=O) groups is 2. The van der Waals surface area contributed by atoms with Crippen LogP contribution in [0.15, 0.2) is 152 Å². The van der Waals surface area contributed by atoms with Crippen molar-refractivity contribution in [2.45, 2.75) is 241 Å². The van der Waals surface area contributed by atoms with Gasteiger partial charge < -0.3 is 67.2 Å². The number of phenolic OH excluding ortho intramolecular Hbond substituents is 1. The van der Waals surface area contributed by atoms with E-state index in [0.29, 0.717) is 104 Å². The first kappa shape index (κ1) is 98.8. The lowest BCUT2D eigenvalue weighted by Gasteiger charge is -2.34. The zero-order valence-electron chi connectivity index (χ0n) is 83.3. The summed E-state index contributed by atoms with van der Waals surface area (Å²) in [5, 5.41) is 30.4. The quantitative estimate of drug-likeness (QED) is 0.0247. The van der Waals surface area contributed by atoms with Crippen LogP contribution in [-0.4, -0.2) is 180 Å². The van der Waals surface area contributed by atoms with E-state index in [9.17, 15) is 19.1 Å². The number of aromatic hydroxyl groups is 1. The molecule has 4 amide bonds. The minimum atomic E-state index is -1.31. The fourth-order valence-electron chi connectivity index (χ4n) is 18.1. The maximum absolute atomic E-state index is 15.7. The second kappa shape index (κ2) is 42.3. The third-order valence-electron chi connectivity index (χ3n) is 26.8. The number of imidazole rings is 3. The number of nitrogens with one attached hydrogen (secondary N) is 2. The molecule has 14 aromatic rings. The zero-order chi connectivity index (χ0) is 97.8. The molecular formula is C107H133F3N16O9Si4. The van der Waals surface area contributed by atoms with Gasteiger partial charge in [-0.3, -0.25) is 5.10 Å². The minimum Gasteiger partial charge on any atom is -0.505 e. The van der Waals surface area contributed by atoms with Gasteiger partial charge >= 0.3 is 12.1 Å². The van der Waals surface area contributed by atoms with Crippen LogP contribution in [0.1, 0.15) is 102 Å². The summed E-state index contributed by atoms with van der Waals surface area (Å²) in [7, 11) is -5.08. The van der Waals surface area contributed by atoms with Crippen LogP contribution in [0.5, 0.6) is 17.2 Å². The van der Waals surface area contributed by atoms with Crippen LogP contribution < -0.4 is 9.47 Å². The van der Waals surface area contributed by atoms with Crippen LogP contribution in [0.2, 0.25) is 103 Å². The van der Waals surface area contributed by atoms with Crippen molar-refractivity contribution in [3.8, 4) is 85.2 Å². The van der Waals surface area contributed by atoms with Crippen LogP contribution in [0.4, 0.5) is 22.8 Å². The molecule has 5 aliphatic rings. The van der Waals surface area contributed by atoms with Crippen molar-refractivity contribution in [1.29, 1.82) is 0 Å². The van der Waals surface area contributed by atoms with Crippen LogP contribution in [0.3, 0.4) is 0 Å². The molecule has 8 aromatic carbocycles. The summed E-state index contributed by atoms with van der Waals surface area (Å²) in [6, 6.07) is 52.1. The van der Waals surface area contributed by atoms with E-state index in [1.165, 1.54) is 17.8 Å². The second-order valence-corrected chi connectivity index (χ2v) is 64.7. The molecule has 4 aliphatic heterocycles. The maximum Gasteiger partial charge on any atom is 0.320 e. The van der Waals surface area contributed by atoms with Gasteiger partial charge in [-0.25, -0.2) is 47.1 Å². The Balaban J connectivity index is 0.000000148. The Kier molecular flexibility index (Phi) is 30.1. The number of hydrogen-bond acceptors (Lipinski definition) is 15. The number of amides is 4. The number of likely N-dealkylation sites (tertiary alicyclic amines) is 2. The van der Waals surface area contributed by atoms with Gasteiger partial charge in [0.1, 0.15) is 57.2 Å². The van der Waals surface area contributed by atoms with E-state index in [4.69, 9.17) is 53.6 Å². The first-order valence-corrected chi connectivity index (χ1v) is 64.2. The summed E-state index contributed by atoms with van der Waals surface area (Å²) < 4.78 is 90.7. The van der Waals surface area contributed by atoms with E-state index in [2.05, 4.69) is 147 Å². The number of aromatic amines is 2. The number of H-pyrrole nitrogens is 2. The van der Waals surface area contributed by atoms with E-state index in [1.54, 1.807) is 12.1 Å². The third kappa shape index (κ3) is 23.1. The molecule has 0 radical (unpaired) electrons. The Morgan fingerprint density at radius 2 is 0.856 bits per heavy atom. The average Bonchev–Trinajstić information content (AvgIpc) is 1.58. The number of phenols is 1. The summed E-state index contributed by atoms with van der Waals surface area (Å²) in [6.45, 7) is 44.4. The molecule has 0 bridgehead atoms. The van der Waals surface area contributed by atoms with Crippen molar-refractivity contribution >= 4 is 77.1 Å². The van der Waals surface area contributed by atoms with Gasteiger partial charge in [0, 0.05) is 107 Å². The molecule has 32 heteroatoms. The number of fused-ring (bicyclic) bond motifs is 6. The molecule has 1 aliphatic carbocycles. The van der Waals surface area contributed by atoms with E-state index < -0.39 is 43.9 Å². The van der Waals surface area contributed by atoms with Gasteiger partial charge in [-0.1, -0.05) is 178 Å². The molecule has 6 aromatic heterocycles. The van der Waals surface area contributed by atoms with Crippen molar-refractivity contribution in [1.82, 2.24) is 78.4 Å². The van der Waals surface area contributed by atoms with Crippen molar-refractivity contribution in [2.24, 2.45) is 0 Å². The lowest BCUT2D eigenvalue weighted by molar-refractivity contribution is 0.0812. The highest BCUT2D eigenvalue weighted by molar-refractivity contribution is 6.77. The number of urea groups is 2. The molecular weight excluding hydrogens is 1820 g/mol. The number of aryl methyl sites for hydroxylation is 4. The summed E-state index contributed by atoms with van der Waals surface area (Å²) >= 11 is 0. The van der Waals surface area contributed by atoms with Crippen LogP contribution in [0.25, 0.3) is 101 Å². The Morgan fingerprint density at radius 1 is 0.424 bits per heavy atom. The highest BCUT2D eigenvalue weighted by Gasteiger charge is 2.38. The van der Waals surface area contributed by atoms with E-state index in [1.807, 2.05) is 133 Å². The molecule has 0 saturated carbocycles. The van der Waals surface area contributed by atoms with Crippen molar-refractivity contribution in [3.05, 3.63) is 231 Å². The molecule has 25 nitrogen and oxygen atoms in total. The van der Waals surface area contributed by atoms with Gasteiger partial charge in [-0.05, 0) is 210 Å². The highest BCUT2D eigenvalue weighted by atomic mass is 28.3. The normalized spacial score (nSPS) is 14.2. The SMILES string of the molecule is CCc1cc(O)c(F)cc1-c1ccc2c(-c3nc4c([nH]3)CN(C(=O)N3CCC3)C4)n[nH]c2c1.CCc1cc(OCc2ccccc2)c(F)cc1-c1ccc2c(-c3nc4c(n3COCC[Si](C)(C)C)CCC4)nn(COCC[Si](C)(C)C)c2c1.CCc1cc(OCc2ccccc2)c(F)cc1-c1ccc2c(-c3nc4c(n3COCC[Si](C)(C)C)CN(C(=O)N3CCC3)C4)nn(COCC[Si](C)(C)C)c2c1. The number of ether oxygens (including phenoxy) is 6. The number of hydrogen-bond donors (Lipinski definition) is 3. The van der Waals surface area contributed by atoms with Crippen molar-refractivity contribution in [2.75, 3.05) is 52.6 Å². The lowest BCUT2D eigenvalue weighted by atomic mass is 9.96. The maximum atomic E-state index is 15.7. The standard InChI is InChI=1S/C43H57FN6O4Si2.C40H53FN4O3Si2.C24H23FN6O2/c1-8-32-24-40(54-28-31-13-10-9-11-14-31)36(44)25-35(32)33-15-16-34-38(23-33)50(30-53-20-22-56(5,6)7)46-41(34)42-45-37-26-48(43(51)47-17-12-18-47)27-39(37)49(42)29-52-19-21-55(2,3)4;1-8-30-24-38(48-26-29-13-10-9-11-14-29)34(41)25-33(30)31-17-18-32-37(23-31)45(28-47-20-22-50(5,6)7)43-39(32)40-42-35-15-12-16-36(35)44(40)27-46-19-21-49(2,3)4;1-2-13-9-21(32)17(25)10-16(13)14-4-5-15-18(8-14)28-29-22(15)23-26-19-11-31(12-20(19)27-23)24(33)30-6-3-7-30/h9-11,13-16,23-25H,8,12,17-22,26-30H2,1-7H3;9-11,13-14,17-18,23-25H,8,12,15-16,19-22,26-28H2,1-7H3;4-5,8-10,32H,2-3,6-7,11-12H2,1H3,(H,26,27)(H,28,29).